The fourth-order valence-electron chi connectivity index (χ4n) is 2.18. The second kappa shape index (κ2) is 5.45. The Kier molecular flexibility index (Phi) is 3.94. The predicted octanol–water partition coefficient (Wildman–Crippen LogP) is 2.74. The molecular formula is C13H21N3O. The molecule has 0 unspecified atom stereocenters. The number of nitrogens with zero attached hydrogens (tertiary/aromatic N) is 3. The average Bonchev–Trinajstić information content (AvgIpc) is 2.94. The number of hydrogen-bond acceptors (Lipinski definition) is 4. The van der Waals surface area contributed by atoms with Gasteiger partial charge in [0.15, 0.2) is 5.82 Å². The first-order valence-electron chi connectivity index (χ1n) is 6.40. The van der Waals surface area contributed by atoms with Crippen molar-refractivity contribution in [3.05, 3.63) is 23.4 Å². The van der Waals surface area contributed by atoms with Gasteiger partial charge in [0.25, 0.3) is 0 Å². The summed E-state index contributed by atoms with van der Waals surface area (Å²) in [4.78, 5) is 6.88. The van der Waals surface area contributed by atoms with E-state index in [1.165, 1.54) is 12.0 Å². The highest BCUT2D eigenvalue weighted by atomic mass is 16.5. The van der Waals surface area contributed by atoms with Crippen LogP contribution in [0.2, 0.25) is 0 Å². The number of aromatic nitrogens is 2. The molecule has 0 spiro atoms. The molecule has 1 aliphatic heterocycles. The van der Waals surface area contributed by atoms with E-state index in [-0.39, 0.29) is 0 Å². The monoisotopic (exact) mass is 235 g/mol. The Balaban J connectivity index is 2.06. The highest BCUT2D eigenvalue weighted by Gasteiger charge is 2.28. The van der Waals surface area contributed by atoms with E-state index in [9.17, 15) is 0 Å². The van der Waals surface area contributed by atoms with Crippen molar-refractivity contribution in [2.45, 2.75) is 46.1 Å². The Bertz CT molecular complexity index is 393. The maximum absolute atomic E-state index is 5.20. The molecule has 0 amide bonds. The lowest BCUT2D eigenvalue weighted by molar-refractivity contribution is 0.266. The Labute approximate surface area is 103 Å². The largest absolute Gasteiger partial charge is 0.339 e. The van der Waals surface area contributed by atoms with E-state index in [4.69, 9.17) is 4.52 Å². The topological polar surface area (TPSA) is 42.2 Å². The van der Waals surface area contributed by atoms with Gasteiger partial charge in [0.1, 0.15) is 0 Å². The van der Waals surface area contributed by atoms with Gasteiger partial charge in [-0.15, -0.1) is 0 Å². The molecule has 4 nitrogen and oxygen atoms in total. The lowest BCUT2D eigenvalue weighted by Crippen LogP contribution is -2.24. The van der Waals surface area contributed by atoms with E-state index in [0.29, 0.717) is 6.04 Å². The van der Waals surface area contributed by atoms with Crippen LogP contribution in [0.5, 0.6) is 0 Å². The molecule has 1 saturated heterocycles. The highest BCUT2D eigenvalue weighted by Crippen LogP contribution is 2.29. The van der Waals surface area contributed by atoms with Gasteiger partial charge in [-0.05, 0) is 33.2 Å². The molecule has 0 N–H and O–H groups in total. The fourth-order valence-corrected chi connectivity index (χ4v) is 2.18. The molecular weight excluding hydrogens is 214 g/mol. The molecule has 0 saturated carbocycles. The van der Waals surface area contributed by atoms with Crippen molar-refractivity contribution >= 4 is 0 Å². The van der Waals surface area contributed by atoms with Crippen LogP contribution in [0.3, 0.4) is 0 Å². The van der Waals surface area contributed by atoms with E-state index in [1.54, 1.807) is 0 Å². The highest BCUT2D eigenvalue weighted by molar-refractivity contribution is 5.02. The third-order valence-electron chi connectivity index (χ3n) is 3.18. The van der Waals surface area contributed by atoms with Gasteiger partial charge in [0.05, 0.1) is 6.04 Å². The summed E-state index contributed by atoms with van der Waals surface area (Å²) in [5.41, 5.74) is 1.36. The van der Waals surface area contributed by atoms with Crippen LogP contribution in [0.25, 0.3) is 0 Å². The number of hydrogen-bond donors (Lipinski definition) is 0. The van der Waals surface area contributed by atoms with Gasteiger partial charge in [0.2, 0.25) is 5.89 Å². The third-order valence-corrected chi connectivity index (χ3v) is 3.18. The Morgan fingerprint density at radius 2 is 2.35 bits per heavy atom. The number of rotatable bonds is 4. The van der Waals surface area contributed by atoms with Crippen molar-refractivity contribution in [1.29, 1.82) is 0 Å². The Hall–Kier alpha value is -1.16. The van der Waals surface area contributed by atoms with Gasteiger partial charge in [-0.1, -0.05) is 23.7 Å². The van der Waals surface area contributed by atoms with Crippen LogP contribution in [-0.2, 0) is 6.42 Å². The molecule has 2 rings (SSSR count). The van der Waals surface area contributed by atoms with E-state index in [0.717, 1.165) is 37.6 Å². The zero-order chi connectivity index (χ0) is 12.3. The van der Waals surface area contributed by atoms with Crippen molar-refractivity contribution < 1.29 is 4.52 Å². The summed E-state index contributed by atoms with van der Waals surface area (Å²) < 4.78 is 5.20. The number of allylic oxidation sites excluding steroid dienone is 1. The standard InChI is InChI=1S/C13H21N3O/c1-4-12-14-13(15-17-12)11-6-5-8-16(11)9-7-10(2)3/h7,11H,4-6,8-9H2,1-3H3/t11-/m1/s1. The molecule has 1 atom stereocenters. The first-order valence-corrected chi connectivity index (χ1v) is 6.40. The zero-order valence-electron chi connectivity index (χ0n) is 10.9. The molecule has 1 aromatic heterocycles. The lowest BCUT2D eigenvalue weighted by Gasteiger charge is -2.20. The Morgan fingerprint density at radius 3 is 3.00 bits per heavy atom. The van der Waals surface area contributed by atoms with Crippen molar-refractivity contribution in [3.63, 3.8) is 0 Å². The normalized spacial score (nSPS) is 20.8. The van der Waals surface area contributed by atoms with Gasteiger partial charge in [0, 0.05) is 13.0 Å². The number of aryl methyl sites for hydroxylation is 1. The molecule has 4 heteroatoms. The second-order valence-corrected chi connectivity index (χ2v) is 4.83. The molecule has 2 heterocycles. The maximum Gasteiger partial charge on any atom is 0.226 e. The van der Waals surface area contributed by atoms with Crippen LogP contribution in [0.4, 0.5) is 0 Å². The number of likely N-dealkylation sites (tertiary alicyclic amines) is 1. The second-order valence-electron chi connectivity index (χ2n) is 4.83. The van der Waals surface area contributed by atoms with Crippen LogP contribution < -0.4 is 0 Å². The van der Waals surface area contributed by atoms with Crippen molar-refractivity contribution in [2.75, 3.05) is 13.1 Å². The lowest BCUT2D eigenvalue weighted by atomic mass is 10.2. The quantitative estimate of drug-likeness (QED) is 0.752. The van der Waals surface area contributed by atoms with Crippen LogP contribution in [-0.4, -0.2) is 28.1 Å². The summed E-state index contributed by atoms with van der Waals surface area (Å²) in [5.74, 6) is 1.61. The molecule has 1 aliphatic rings. The third kappa shape index (κ3) is 2.94. The zero-order valence-corrected chi connectivity index (χ0v) is 10.9. The van der Waals surface area contributed by atoms with Gasteiger partial charge in [-0.25, -0.2) is 0 Å². The van der Waals surface area contributed by atoms with Crippen LogP contribution in [0.1, 0.15) is 51.4 Å². The molecule has 0 bridgehead atoms. The minimum Gasteiger partial charge on any atom is -0.339 e. The molecule has 0 aromatic carbocycles. The summed E-state index contributed by atoms with van der Waals surface area (Å²) in [7, 11) is 0. The summed E-state index contributed by atoms with van der Waals surface area (Å²) in [6.07, 6.45) is 5.43. The van der Waals surface area contributed by atoms with E-state index < -0.39 is 0 Å². The average molecular weight is 235 g/mol. The smallest absolute Gasteiger partial charge is 0.226 e. The molecule has 94 valence electrons. The van der Waals surface area contributed by atoms with E-state index in [1.807, 2.05) is 6.92 Å². The van der Waals surface area contributed by atoms with Crippen LogP contribution >= 0.6 is 0 Å². The molecule has 1 aromatic rings. The van der Waals surface area contributed by atoms with Gasteiger partial charge >= 0.3 is 0 Å². The molecule has 0 radical (unpaired) electrons. The van der Waals surface area contributed by atoms with Gasteiger partial charge in [-0.3, -0.25) is 4.90 Å². The van der Waals surface area contributed by atoms with Crippen molar-refractivity contribution in [3.8, 4) is 0 Å². The van der Waals surface area contributed by atoms with Gasteiger partial charge < -0.3 is 4.52 Å². The van der Waals surface area contributed by atoms with Crippen LogP contribution in [0, 0.1) is 0 Å². The maximum atomic E-state index is 5.20. The van der Waals surface area contributed by atoms with Crippen molar-refractivity contribution in [2.24, 2.45) is 0 Å². The summed E-state index contributed by atoms with van der Waals surface area (Å²) in [6, 6.07) is 0.342. The summed E-state index contributed by atoms with van der Waals surface area (Å²) in [5, 5.41) is 4.10. The molecule has 1 fully saturated rings. The Morgan fingerprint density at radius 1 is 1.53 bits per heavy atom. The van der Waals surface area contributed by atoms with Gasteiger partial charge in [-0.2, -0.15) is 4.98 Å². The first kappa shape index (κ1) is 12.3. The van der Waals surface area contributed by atoms with Crippen molar-refractivity contribution in [1.82, 2.24) is 15.0 Å². The fraction of sp³-hybridized carbons (Fsp3) is 0.692. The summed E-state index contributed by atoms with van der Waals surface area (Å²) in [6.45, 7) is 8.42. The van der Waals surface area contributed by atoms with E-state index >= 15 is 0 Å². The summed E-state index contributed by atoms with van der Waals surface area (Å²) >= 11 is 0. The molecule has 0 aliphatic carbocycles. The SMILES string of the molecule is CCc1nc([C@H]2CCCN2CC=C(C)C)no1. The minimum atomic E-state index is 0.342. The molecule has 17 heavy (non-hydrogen) atoms. The predicted molar refractivity (Wildman–Crippen MR) is 66.7 cm³/mol. The van der Waals surface area contributed by atoms with E-state index in [2.05, 4.69) is 35.0 Å². The first-order chi connectivity index (χ1) is 8.20. The minimum absolute atomic E-state index is 0.342. The van der Waals surface area contributed by atoms with Crippen LogP contribution in [0.15, 0.2) is 16.2 Å².